The molecule has 25 heavy (non-hydrogen) atoms. The van der Waals surface area contributed by atoms with Crippen molar-refractivity contribution in [2.45, 2.75) is 6.92 Å². The van der Waals surface area contributed by atoms with E-state index in [1.54, 1.807) is 12.1 Å². The van der Waals surface area contributed by atoms with Crippen LogP contribution in [-0.2, 0) is 0 Å². The Morgan fingerprint density at radius 3 is 2.32 bits per heavy atom. The third kappa shape index (κ3) is 3.06. The molecule has 0 aliphatic carbocycles. The van der Waals surface area contributed by atoms with Crippen molar-refractivity contribution in [1.82, 2.24) is 10.2 Å². The van der Waals surface area contributed by atoms with Crippen molar-refractivity contribution in [2.24, 2.45) is 0 Å². The number of aryl methyl sites for hydroxylation is 1. The summed E-state index contributed by atoms with van der Waals surface area (Å²) in [5, 5.41) is 13.9. The van der Waals surface area contributed by atoms with Crippen molar-refractivity contribution < 1.29 is 4.39 Å². The highest BCUT2D eigenvalue weighted by molar-refractivity contribution is 6.00. The summed E-state index contributed by atoms with van der Waals surface area (Å²) in [6, 6.07) is 22.5. The first-order valence-corrected chi connectivity index (χ1v) is 8.06. The maximum Gasteiger partial charge on any atom is 0.161 e. The Labute approximate surface area is 145 Å². The second kappa shape index (κ2) is 6.32. The number of rotatable bonds is 3. The Balaban J connectivity index is 1.83. The molecule has 0 unspecified atom stereocenters. The largest absolute Gasteiger partial charge is 0.338 e. The van der Waals surface area contributed by atoms with Crippen LogP contribution < -0.4 is 5.32 Å². The van der Waals surface area contributed by atoms with Gasteiger partial charge in [-0.1, -0.05) is 60.2 Å². The molecule has 4 heteroatoms. The molecule has 0 atom stereocenters. The second-order valence-corrected chi connectivity index (χ2v) is 5.94. The molecule has 1 aromatic heterocycles. The van der Waals surface area contributed by atoms with Gasteiger partial charge >= 0.3 is 0 Å². The maximum atomic E-state index is 13.4. The van der Waals surface area contributed by atoms with Crippen LogP contribution >= 0.6 is 0 Å². The Hall–Kier alpha value is -3.27. The van der Waals surface area contributed by atoms with Crippen molar-refractivity contribution in [3.63, 3.8) is 0 Å². The van der Waals surface area contributed by atoms with Gasteiger partial charge in [0.1, 0.15) is 11.5 Å². The van der Waals surface area contributed by atoms with E-state index in [0.29, 0.717) is 11.5 Å². The summed E-state index contributed by atoms with van der Waals surface area (Å²) >= 11 is 0. The van der Waals surface area contributed by atoms with Crippen LogP contribution in [0.15, 0.2) is 72.8 Å². The summed E-state index contributed by atoms with van der Waals surface area (Å²) in [4.78, 5) is 0. The van der Waals surface area contributed by atoms with Gasteiger partial charge in [0.05, 0.1) is 0 Å². The minimum Gasteiger partial charge on any atom is -0.338 e. The summed E-state index contributed by atoms with van der Waals surface area (Å²) in [5.41, 5.74) is 3.69. The topological polar surface area (TPSA) is 37.8 Å². The lowest BCUT2D eigenvalue weighted by Gasteiger charge is -2.11. The van der Waals surface area contributed by atoms with E-state index in [4.69, 9.17) is 0 Å². The van der Waals surface area contributed by atoms with Gasteiger partial charge in [-0.3, -0.25) is 0 Å². The molecule has 0 bridgehead atoms. The van der Waals surface area contributed by atoms with Crippen LogP contribution in [0.2, 0.25) is 0 Å². The molecule has 0 saturated carbocycles. The molecule has 0 amide bonds. The molecule has 0 spiro atoms. The number of anilines is 2. The molecule has 0 aliphatic rings. The monoisotopic (exact) mass is 329 g/mol. The predicted octanol–water partition coefficient (Wildman–Crippen LogP) is 5.49. The lowest BCUT2D eigenvalue weighted by atomic mass is 10.0. The number of aromatic nitrogens is 2. The van der Waals surface area contributed by atoms with Gasteiger partial charge in [-0.2, -0.15) is 0 Å². The Bertz CT molecular complexity index is 1040. The van der Waals surface area contributed by atoms with Gasteiger partial charge in [0.2, 0.25) is 0 Å². The number of nitrogens with one attached hydrogen (secondary N) is 1. The lowest BCUT2D eigenvalue weighted by Crippen LogP contribution is -1.99. The molecule has 4 rings (SSSR count). The zero-order valence-corrected chi connectivity index (χ0v) is 13.7. The molecule has 0 aliphatic heterocycles. The van der Waals surface area contributed by atoms with Gasteiger partial charge in [0.15, 0.2) is 5.82 Å². The van der Waals surface area contributed by atoms with E-state index in [2.05, 4.69) is 34.6 Å². The molecular weight excluding hydrogens is 313 g/mol. The van der Waals surface area contributed by atoms with E-state index in [9.17, 15) is 4.39 Å². The van der Waals surface area contributed by atoms with E-state index in [1.807, 2.05) is 36.4 Å². The number of fused-ring (bicyclic) bond motifs is 1. The Morgan fingerprint density at radius 1 is 0.800 bits per heavy atom. The standard InChI is InChI=1S/C21H16FN3/c1-14-9-11-15(12-10-14)20-18-7-2-3-8-19(18)21(25-24-20)23-17-6-4-5-16(22)13-17/h2-13H,1H3,(H,23,25). The number of benzene rings is 3. The van der Waals surface area contributed by atoms with Crippen LogP contribution in [-0.4, -0.2) is 10.2 Å². The molecular formula is C21H16FN3. The molecule has 122 valence electrons. The molecule has 4 aromatic rings. The third-order valence-corrected chi connectivity index (χ3v) is 4.10. The van der Waals surface area contributed by atoms with E-state index >= 15 is 0 Å². The Morgan fingerprint density at radius 2 is 1.56 bits per heavy atom. The summed E-state index contributed by atoms with van der Waals surface area (Å²) in [5.74, 6) is 0.315. The van der Waals surface area contributed by atoms with Crippen LogP contribution in [0.3, 0.4) is 0 Å². The van der Waals surface area contributed by atoms with Gasteiger partial charge < -0.3 is 5.32 Å². The highest BCUT2D eigenvalue weighted by atomic mass is 19.1. The fourth-order valence-electron chi connectivity index (χ4n) is 2.82. The summed E-state index contributed by atoms with van der Waals surface area (Å²) in [6.07, 6.45) is 0. The molecule has 1 heterocycles. The van der Waals surface area contributed by atoms with Crippen LogP contribution in [0.25, 0.3) is 22.0 Å². The number of hydrogen-bond acceptors (Lipinski definition) is 3. The van der Waals surface area contributed by atoms with Gasteiger partial charge in [-0.15, -0.1) is 10.2 Å². The smallest absolute Gasteiger partial charge is 0.161 e. The van der Waals surface area contributed by atoms with E-state index in [-0.39, 0.29) is 5.82 Å². The summed E-state index contributed by atoms with van der Waals surface area (Å²) < 4.78 is 13.4. The van der Waals surface area contributed by atoms with Crippen LogP contribution in [0.5, 0.6) is 0 Å². The first-order chi connectivity index (χ1) is 12.2. The summed E-state index contributed by atoms with van der Waals surface area (Å²) in [7, 11) is 0. The van der Waals surface area contributed by atoms with E-state index in [1.165, 1.54) is 17.7 Å². The first-order valence-electron chi connectivity index (χ1n) is 8.06. The zero-order chi connectivity index (χ0) is 17.2. The highest BCUT2D eigenvalue weighted by Gasteiger charge is 2.11. The highest BCUT2D eigenvalue weighted by Crippen LogP contribution is 2.31. The predicted molar refractivity (Wildman–Crippen MR) is 99.4 cm³/mol. The first kappa shape index (κ1) is 15.3. The average Bonchev–Trinajstić information content (AvgIpc) is 2.63. The van der Waals surface area contributed by atoms with E-state index in [0.717, 1.165) is 22.0 Å². The average molecular weight is 329 g/mol. The molecule has 0 radical (unpaired) electrons. The van der Waals surface area contributed by atoms with Crippen molar-refractivity contribution in [3.8, 4) is 11.3 Å². The SMILES string of the molecule is Cc1ccc(-c2nnc(Nc3cccc(F)c3)c3ccccc23)cc1. The molecule has 1 N–H and O–H groups in total. The van der Waals surface area contributed by atoms with Gasteiger partial charge in [0.25, 0.3) is 0 Å². The number of hydrogen-bond donors (Lipinski definition) is 1. The lowest BCUT2D eigenvalue weighted by molar-refractivity contribution is 0.628. The fourth-order valence-corrected chi connectivity index (χ4v) is 2.82. The van der Waals surface area contributed by atoms with Gasteiger partial charge in [-0.25, -0.2) is 4.39 Å². The van der Waals surface area contributed by atoms with Crippen LogP contribution in [0.1, 0.15) is 5.56 Å². The van der Waals surface area contributed by atoms with Crippen molar-refractivity contribution in [1.29, 1.82) is 0 Å². The Kier molecular flexibility index (Phi) is 3.86. The number of halogens is 1. The van der Waals surface area contributed by atoms with Crippen molar-refractivity contribution in [3.05, 3.63) is 84.2 Å². The zero-order valence-electron chi connectivity index (χ0n) is 13.7. The van der Waals surface area contributed by atoms with Gasteiger partial charge in [0, 0.05) is 22.0 Å². The quantitative estimate of drug-likeness (QED) is 0.540. The molecule has 3 aromatic carbocycles. The molecule has 3 nitrogen and oxygen atoms in total. The molecule has 0 saturated heterocycles. The third-order valence-electron chi connectivity index (χ3n) is 4.10. The minimum atomic E-state index is -0.293. The molecule has 0 fully saturated rings. The van der Waals surface area contributed by atoms with Crippen molar-refractivity contribution in [2.75, 3.05) is 5.32 Å². The minimum absolute atomic E-state index is 0.293. The number of nitrogens with zero attached hydrogens (tertiary/aromatic N) is 2. The summed E-state index contributed by atoms with van der Waals surface area (Å²) in [6.45, 7) is 2.06. The normalized spacial score (nSPS) is 10.8. The second-order valence-electron chi connectivity index (χ2n) is 5.94. The van der Waals surface area contributed by atoms with Crippen LogP contribution in [0, 0.1) is 12.7 Å². The van der Waals surface area contributed by atoms with Crippen LogP contribution in [0.4, 0.5) is 15.9 Å². The maximum absolute atomic E-state index is 13.4. The van der Waals surface area contributed by atoms with Gasteiger partial charge in [-0.05, 0) is 25.1 Å². The van der Waals surface area contributed by atoms with Crippen molar-refractivity contribution >= 4 is 22.3 Å². The fraction of sp³-hybridized carbons (Fsp3) is 0.0476. The van der Waals surface area contributed by atoms with E-state index < -0.39 is 0 Å².